The third-order valence-electron chi connectivity index (χ3n) is 4.03. The minimum atomic E-state index is -4.71. The Labute approximate surface area is 149 Å². The van der Waals surface area contributed by atoms with Crippen molar-refractivity contribution in [1.29, 1.82) is 0 Å². The fourth-order valence-corrected chi connectivity index (χ4v) is 2.76. The van der Waals surface area contributed by atoms with Gasteiger partial charge in [-0.25, -0.2) is 0 Å². The van der Waals surface area contributed by atoms with Gasteiger partial charge in [0.15, 0.2) is 0 Å². The molecule has 0 amide bonds. The van der Waals surface area contributed by atoms with E-state index in [9.17, 15) is 13.2 Å². The van der Waals surface area contributed by atoms with Crippen LogP contribution in [0.4, 0.5) is 13.2 Å². The van der Waals surface area contributed by atoms with Gasteiger partial charge in [0.25, 0.3) is 0 Å². The topological polar surface area (TPSA) is 31.4 Å². The molecule has 26 heavy (non-hydrogen) atoms. The van der Waals surface area contributed by atoms with E-state index in [0.717, 1.165) is 34.1 Å². The molecule has 3 rings (SSSR count). The number of ether oxygens (including phenoxy) is 2. The number of fused-ring (bicyclic) bond motifs is 1. The Morgan fingerprint density at radius 2 is 1.58 bits per heavy atom. The van der Waals surface area contributed by atoms with Crippen molar-refractivity contribution in [3.8, 4) is 17.2 Å². The molecule has 1 heterocycles. The molecule has 1 aromatic heterocycles. The van der Waals surface area contributed by atoms with Crippen LogP contribution in [0.1, 0.15) is 23.7 Å². The minimum Gasteiger partial charge on any atom is -0.457 e. The molecular weight excluding hydrogens is 343 g/mol. The molecule has 0 N–H and O–H groups in total. The molecule has 0 bridgehead atoms. The predicted octanol–water partition coefficient (Wildman–Crippen LogP) is 6.10. The molecule has 3 nitrogen and oxygen atoms in total. The number of hydrogen-bond donors (Lipinski definition) is 0. The van der Waals surface area contributed by atoms with Crippen LogP contribution < -0.4 is 9.47 Å². The Morgan fingerprint density at radius 1 is 0.923 bits per heavy atom. The minimum absolute atomic E-state index is 0.285. The Morgan fingerprint density at radius 3 is 2.19 bits per heavy atom. The maximum atomic E-state index is 12.2. The van der Waals surface area contributed by atoms with Crippen molar-refractivity contribution < 1.29 is 22.6 Å². The van der Waals surface area contributed by atoms with Gasteiger partial charge < -0.3 is 9.47 Å². The number of halogens is 3. The van der Waals surface area contributed by atoms with Gasteiger partial charge in [-0.15, -0.1) is 13.2 Å². The van der Waals surface area contributed by atoms with Gasteiger partial charge in [0.1, 0.15) is 17.2 Å². The number of aromatic nitrogens is 1. The summed E-state index contributed by atoms with van der Waals surface area (Å²) in [7, 11) is 0. The summed E-state index contributed by atoms with van der Waals surface area (Å²) in [5.74, 6) is 0.774. The summed E-state index contributed by atoms with van der Waals surface area (Å²) < 4.78 is 46.3. The third kappa shape index (κ3) is 4.07. The van der Waals surface area contributed by atoms with Crippen molar-refractivity contribution in [2.24, 2.45) is 0 Å². The molecule has 0 radical (unpaired) electrons. The van der Waals surface area contributed by atoms with Crippen LogP contribution in [0.25, 0.3) is 10.9 Å². The lowest BCUT2D eigenvalue weighted by atomic mass is 10.1. The summed E-state index contributed by atoms with van der Waals surface area (Å²) in [6, 6.07) is 11.2. The Hall–Kier alpha value is -2.76. The standard InChI is InChI=1S/C20H18F3NO2/c1-4-17-12(2)9-14-11-19(13(3)10-18(14)24-17)25-15-5-7-16(8-6-15)26-20(21,22)23/h5-11H,4H2,1-3H3. The highest BCUT2D eigenvalue weighted by molar-refractivity contribution is 5.82. The molecule has 0 aliphatic carbocycles. The molecular formula is C20H18F3NO2. The first-order valence-electron chi connectivity index (χ1n) is 8.19. The highest BCUT2D eigenvalue weighted by Gasteiger charge is 2.31. The highest BCUT2D eigenvalue weighted by atomic mass is 19.4. The first kappa shape index (κ1) is 18.0. The summed E-state index contributed by atoms with van der Waals surface area (Å²) in [4.78, 5) is 4.67. The zero-order valence-corrected chi connectivity index (χ0v) is 14.6. The maximum Gasteiger partial charge on any atom is 0.573 e. The number of alkyl halides is 3. The molecule has 0 spiro atoms. The number of hydrogen-bond acceptors (Lipinski definition) is 3. The second-order valence-corrected chi connectivity index (χ2v) is 6.04. The average molecular weight is 361 g/mol. The van der Waals surface area contributed by atoms with E-state index >= 15 is 0 Å². The van der Waals surface area contributed by atoms with Gasteiger partial charge in [-0.1, -0.05) is 6.92 Å². The van der Waals surface area contributed by atoms with E-state index < -0.39 is 6.36 Å². The van der Waals surface area contributed by atoms with Gasteiger partial charge in [0.05, 0.1) is 5.52 Å². The number of aryl methyl sites for hydroxylation is 3. The van der Waals surface area contributed by atoms with Crippen molar-refractivity contribution >= 4 is 10.9 Å². The monoisotopic (exact) mass is 361 g/mol. The van der Waals surface area contributed by atoms with Gasteiger partial charge >= 0.3 is 6.36 Å². The molecule has 2 aromatic carbocycles. The van der Waals surface area contributed by atoms with Gasteiger partial charge in [-0.3, -0.25) is 4.98 Å². The predicted molar refractivity (Wildman–Crippen MR) is 93.8 cm³/mol. The zero-order chi connectivity index (χ0) is 18.9. The fourth-order valence-electron chi connectivity index (χ4n) is 2.76. The summed E-state index contributed by atoms with van der Waals surface area (Å²) in [5, 5.41) is 0.956. The molecule has 0 fully saturated rings. The first-order chi connectivity index (χ1) is 12.2. The first-order valence-corrected chi connectivity index (χ1v) is 8.19. The third-order valence-corrected chi connectivity index (χ3v) is 4.03. The van der Waals surface area contributed by atoms with Crippen LogP contribution in [-0.4, -0.2) is 11.3 Å². The van der Waals surface area contributed by atoms with Gasteiger partial charge in [-0.05, 0) is 73.9 Å². The van der Waals surface area contributed by atoms with Crippen LogP contribution in [0.2, 0.25) is 0 Å². The highest BCUT2D eigenvalue weighted by Crippen LogP contribution is 2.31. The van der Waals surface area contributed by atoms with Crippen molar-refractivity contribution in [3.63, 3.8) is 0 Å². The largest absolute Gasteiger partial charge is 0.573 e. The molecule has 0 unspecified atom stereocenters. The van der Waals surface area contributed by atoms with Crippen LogP contribution >= 0.6 is 0 Å². The van der Waals surface area contributed by atoms with Gasteiger partial charge in [0.2, 0.25) is 0 Å². The average Bonchev–Trinajstić information content (AvgIpc) is 2.56. The molecule has 0 aliphatic heterocycles. The Bertz CT molecular complexity index is 934. The van der Waals surface area contributed by atoms with Crippen molar-refractivity contribution in [3.05, 3.63) is 59.3 Å². The zero-order valence-electron chi connectivity index (χ0n) is 14.6. The van der Waals surface area contributed by atoms with E-state index in [1.165, 1.54) is 24.3 Å². The Balaban J connectivity index is 1.87. The summed E-state index contributed by atoms with van der Waals surface area (Å²) in [6.45, 7) is 5.99. The van der Waals surface area contributed by atoms with E-state index in [2.05, 4.69) is 22.7 Å². The van der Waals surface area contributed by atoms with Gasteiger partial charge in [0, 0.05) is 11.1 Å². The number of pyridine rings is 1. The molecule has 0 saturated heterocycles. The van der Waals surface area contributed by atoms with E-state index in [0.29, 0.717) is 11.5 Å². The smallest absolute Gasteiger partial charge is 0.457 e. The fraction of sp³-hybridized carbons (Fsp3) is 0.250. The summed E-state index contributed by atoms with van der Waals surface area (Å²) in [5.41, 5.74) is 3.96. The quantitative estimate of drug-likeness (QED) is 0.562. The number of nitrogens with zero attached hydrogens (tertiary/aromatic N) is 1. The van der Waals surface area contributed by atoms with Crippen LogP contribution in [0.5, 0.6) is 17.2 Å². The molecule has 3 aromatic rings. The summed E-state index contributed by atoms with van der Waals surface area (Å²) in [6.07, 6.45) is -3.84. The SMILES string of the molecule is CCc1nc2cc(C)c(Oc3ccc(OC(F)(F)F)cc3)cc2cc1C. The normalized spacial score (nSPS) is 11.6. The molecule has 0 atom stereocenters. The van der Waals surface area contributed by atoms with Crippen LogP contribution in [0, 0.1) is 13.8 Å². The molecule has 6 heteroatoms. The van der Waals surface area contributed by atoms with Crippen molar-refractivity contribution in [2.75, 3.05) is 0 Å². The lowest BCUT2D eigenvalue weighted by molar-refractivity contribution is -0.274. The lowest BCUT2D eigenvalue weighted by Crippen LogP contribution is -2.16. The Kier molecular flexibility index (Phi) is 4.76. The van der Waals surface area contributed by atoms with E-state index in [1.807, 2.05) is 26.0 Å². The lowest BCUT2D eigenvalue weighted by Gasteiger charge is -2.13. The second-order valence-electron chi connectivity index (χ2n) is 6.04. The maximum absolute atomic E-state index is 12.2. The number of rotatable bonds is 4. The molecule has 0 saturated carbocycles. The molecule has 136 valence electrons. The van der Waals surface area contributed by atoms with Crippen molar-refractivity contribution in [1.82, 2.24) is 4.98 Å². The van der Waals surface area contributed by atoms with Crippen LogP contribution in [-0.2, 0) is 6.42 Å². The molecule has 0 aliphatic rings. The van der Waals surface area contributed by atoms with Crippen molar-refractivity contribution in [2.45, 2.75) is 33.6 Å². The van der Waals surface area contributed by atoms with E-state index in [-0.39, 0.29) is 5.75 Å². The van der Waals surface area contributed by atoms with Crippen LogP contribution in [0.3, 0.4) is 0 Å². The van der Waals surface area contributed by atoms with E-state index in [4.69, 9.17) is 4.74 Å². The van der Waals surface area contributed by atoms with Crippen LogP contribution in [0.15, 0.2) is 42.5 Å². The number of benzene rings is 2. The second kappa shape index (κ2) is 6.86. The summed E-state index contributed by atoms with van der Waals surface area (Å²) >= 11 is 0. The van der Waals surface area contributed by atoms with Gasteiger partial charge in [-0.2, -0.15) is 0 Å². The van der Waals surface area contributed by atoms with E-state index in [1.54, 1.807) is 0 Å².